The highest BCUT2D eigenvalue weighted by Crippen LogP contribution is 2.30. The summed E-state index contributed by atoms with van der Waals surface area (Å²) in [6.45, 7) is 8.05. The topological polar surface area (TPSA) is 44.8 Å². The van der Waals surface area contributed by atoms with Gasteiger partial charge < -0.3 is 14.2 Å². The Kier molecular flexibility index (Phi) is 4.11. The first-order valence-corrected chi connectivity index (χ1v) is 7.17. The maximum absolute atomic E-state index is 12.2. The largest absolute Gasteiger partial charge is 0.492 e. The van der Waals surface area contributed by atoms with Crippen molar-refractivity contribution in [2.45, 2.75) is 64.6 Å². The molecule has 0 radical (unpaired) electrons. The Morgan fingerprint density at radius 2 is 1.75 bits per heavy atom. The van der Waals surface area contributed by atoms with Crippen LogP contribution in [-0.4, -0.2) is 23.8 Å². The van der Waals surface area contributed by atoms with E-state index < -0.39 is 11.2 Å². The summed E-state index contributed by atoms with van der Waals surface area (Å²) in [5, 5.41) is 0. The van der Waals surface area contributed by atoms with E-state index in [0.29, 0.717) is 6.42 Å². The van der Waals surface area contributed by atoms with Gasteiger partial charge in [-0.25, -0.2) is 4.79 Å². The van der Waals surface area contributed by atoms with E-state index in [4.69, 9.17) is 14.2 Å². The van der Waals surface area contributed by atoms with E-state index in [9.17, 15) is 4.79 Å². The van der Waals surface area contributed by atoms with Crippen molar-refractivity contribution < 1.29 is 19.0 Å². The van der Waals surface area contributed by atoms with Gasteiger partial charge in [0.1, 0.15) is 12.2 Å². The number of hydrogen-bond acceptors (Lipinski definition) is 4. The minimum Gasteiger partial charge on any atom is -0.492 e. The number of allylic oxidation sites excluding steroid dienone is 2. The first-order valence-electron chi connectivity index (χ1n) is 7.17. The average molecular weight is 280 g/mol. The molecule has 0 saturated heterocycles. The molecular formula is C16H24O4. The Morgan fingerprint density at radius 1 is 1.15 bits per heavy atom. The lowest BCUT2D eigenvalue weighted by atomic mass is 9.94. The first-order chi connectivity index (χ1) is 9.33. The van der Waals surface area contributed by atoms with Crippen LogP contribution in [-0.2, 0) is 19.0 Å². The summed E-state index contributed by atoms with van der Waals surface area (Å²) in [7, 11) is 0. The second-order valence-corrected chi connectivity index (χ2v) is 6.42. The molecule has 2 atom stereocenters. The van der Waals surface area contributed by atoms with Gasteiger partial charge in [0.2, 0.25) is 5.60 Å². The van der Waals surface area contributed by atoms with Crippen molar-refractivity contribution in [1.29, 1.82) is 0 Å². The second-order valence-electron chi connectivity index (χ2n) is 6.42. The number of carbonyl (C=O) groups excluding carboxylic acids is 1. The van der Waals surface area contributed by atoms with Crippen LogP contribution in [0, 0.1) is 0 Å². The molecule has 0 amide bonds. The molecule has 0 aromatic rings. The monoisotopic (exact) mass is 280 g/mol. The smallest absolute Gasteiger partial charge is 0.350 e. The van der Waals surface area contributed by atoms with Crippen molar-refractivity contribution in [1.82, 2.24) is 0 Å². The van der Waals surface area contributed by atoms with Gasteiger partial charge in [-0.2, -0.15) is 0 Å². The van der Waals surface area contributed by atoms with Gasteiger partial charge in [-0.15, -0.1) is 0 Å². The zero-order valence-corrected chi connectivity index (χ0v) is 12.8. The summed E-state index contributed by atoms with van der Waals surface area (Å²) in [6, 6.07) is 0. The second kappa shape index (κ2) is 5.51. The highest BCUT2D eigenvalue weighted by Gasteiger charge is 2.40. The van der Waals surface area contributed by atoms with Crippen molar-refractivity contribution >= 4 is 5.97 Å². The summed E-state index contributed by atoms with van der Waals surface area (Å²) in [5.74, 6) is -0.308. The molecule has 0 aliphatic carbocycles. The standard InChI is InChI=1S/C16H24O4/c1-12-5-7-15(3,19-9-12)11-18-14(17)16(4)8-6-13(2)10-20-16/h9-10H,5-8,11H2,1-4H3/t15-,16-/m0/s1. The molecule has 2 rings (SSSR count). The van der Waals surface area contributed by atoms with Crippen LogP contribution in [0.4, 0.5) is 0 Å². The van der Waals surface area contributed by atoms with Gasteiger partial charge in [0.25, 0.3) is 0 Å². The number of esters is 1. The zero-order valence-electron chi connectivity index (χ0n) is 12.8. The molecule has 2 aliphatic heterocycles. The highest BCUT2D eigenvalue weighted by atomic mass is 16.6. The van der Waals surface area contributed by atoms with Crippen LogP contribution in [0.5, 0.6) is 0 Å². The van der Waals surface area contributed by atoms with E-state index in [1.165, 1.54) is 5.57 Å². The lowest BCUT2D eigenvalue weighted by Gasteiger charge is -2.35. The fraction of sp³-hybridized carbons (Fsp3) is 0.688. The highest BCUT2D eigenvalue weighted by molar-refractivity contribution is 5.79. The number of carbonyl (C=O) groups is 1. The first kappa shape index (κ1) is 14.9. The van der Waals surface area contributed by atoms with E-state index >= 15 is 0 Å². The molecule has 4 nitrogen and oxygen atoms in total. The van der Waals surface area contributed by atoms with Crippen LogP contribution >= 0.6 is 0 Å². The Bertz CT molecular complexity index is 451. The third-order valence-electron chi connectivity index (χ3n) is 4.05. The molecular weight excluding hydrogens is 256 g/mol. The molecule has 0 N–H and O–H groups in total. The van der Waals surface area contributed by atoms with Gasteiger partial charge in [0.15, 0.2) is 0 Å². The number of ether oxygens (including phenoxy) is 3. The Balaban J connectivity index is 1.89. The molecule has 2 aliphatic rings. The van der Waals surface area contributed by atoms with E-state index in [2.05, 4.69) is 0 Å². The number of rotatable bonds is 3. The minimum atomic E-state index is -0.865. The van der Waals surface area contributed by atoms with Gasteiger partial charge >= 0.3 is 5.97 Å². The molecule has 0 aromatic heterocycles. The third-order valence-corrected chi connectivity index (χ3v) is 4.05. The van der Waals surface area contributed by atoms with Gasteiger partial charge in [-0.1, -0.05) is 0 Å². The normalized spacial score (nSPS) is 33.4. The van der Waals surface area contributed by atoms with Gasteiger partial charge in [0, 0.05) is 6.42 Å². The van der Waals surface area contributed by atoms with Crippen LogP contribution < -0.4 is 0 Å². The Labute approximate surface area is 120 Å². The molecule has 0 fully saturated rings. The van der Waals surface area contributed by atoms with Crippen molar-refractivity contribution in [2.75, 3.05) is 6.61 Å². The average Bonchev–Trinajstić information content (AvgIpc) is 2.43. The van der Waals surface area contributed by atoms with E-state index in [0.717, 1.165) is 24.8 Å². The molecule has 20 heavy (non-hydrogen) atoms. The fourth-order valence-corrected chi connectivity index (χ4v) is 2.23. The summed E-state index contributed by atoms with van der Waals surface area (Å²) >= 11 is 0. The van der Waals surface area contributed by atoms with Gasteiger partial charge in [-0.05, 0) is 58.1 Å². The van der Waals surface area contributed by atoms with Crippen molar-refractivity contribution in [3.05, 3.63) is 23.7 Å². The molecule has 0 spiro atoms. The van der Waals surface area contributed by atoms with Gasteiger partial charge in [-0.3, -0.25) is 0 Å². The molecule has 4 heteroatoms. The van der Waals surface area contributed by atoms with Gasteiger partial charge in [0.05, 0.1) is 12.5 Å². The lowest BCUT2D eigenvalue weighted by Crippen LogP contribution is -2.44. The SMILES string of the molecule is CC1=CO[C@](C)(COC(=O)[C@]2(C)CCC(C)=CO2)CC1. The van der Waals surface area contributed by atoms with E-state index in [-0.39, 0.29) is 12.6 Å². The minimum absolute atomic E-state index is 0.261. The zero-order chi connectivity index (χ0) is 14.8. The quantitative estimate of drug-likeness (QED) is 0.742. The Morgan fingerprint density at radius 3 is 2.25 bits per heavy atom. The number of hydrogen-bond donors (Lipinski definition) is 0. The summed E-state index contributed by atoms with van der Waals surface area (Å²) in [4.78, 5) is 12.2. The van der Waals surface area contributed by atoms with Crippen molar-refractivity contribution in [2.24, 2.45) is 0 Å². The predicted octanol–water partition coefficient (Wildman–Crippen LogP) is 3.48. The van der Waals surface area contributed by atoms with Crippen molar-refractivity contribution in [3.8, 4) is 0 Å². The third kappa shape index (κ3) is 3.35. The van der Waals surface area contributed by atoms with Crippen molar-refractivity contribution in [3.63, 3.8) is 0 Å². The lowest BCUT2D eigenvalue weighted by molar-refractivity contribution is -0.173. The van der Waals surface area contributed by atoms with Crippen LogP contribution in [0.2, 0.25) is 0 Å². The maximum atomic E-state index is 12.2. The maximum Gasteiger partial charge on any atom is 0.350 e. The summed E-state index contributed by atoms with van der Waals surface area (Å²) < 4.78 is 16.7. The van der Waals surface area contributed by atoms with E-state index in [1.807, 2.05) is 20.8 Å². The van der Waals surface area contributed by atoms with Crippen LogP contribution in [0.15, 0.2) is 23.7 Å². The molecule has 0 unspecified atom stereocenters. The molecule has 2 heterocycles. The molecule has 0 aromatic carbocycles. The molecule has 0 saturated carbocycles. The van der Waals surface area contributed by atoms with Crippen LogP contribution in [0.1, 0.15) is 53.4 Å². The van der Waals surface area contributed by atoms with Crippen LogP contribution in [0.25, 0.3) is 0 Å². The van der Waals surface area contributed by atoms with Crippen LogP contribution in [0.3, 0.4) is 0 Å². The summed E-state index contributed by atoms with van der Waals surface area (Å²) in [6.07, 6.45) is 6.78. The Hall–Kier alpha value is -1.45. The predicted molar refractivity (Wildman–Crippen MR) is 75.9 cm³/mol. The summed E-state index contributed by atoms with van der Waals surface area (Å²) in [5.41, 5.74) is 1.08. The molecule has 0 bridgehead atoms. The molecule has 112 valence electrons. The van der Waals surface area contributed by atoms with E-state index in [1.54, 1.807) is 19.4 Å². The fourth-order valence-electron chi connectivity index (χ4n) is 2.23.